The fourth-order valence-corrected chi connectivity index (χ4v) is 3.82. The maximum absolute atomic E-state index is 13.3. The second-order valence-electron chi connectivity index (χ2n) is 7.98. The number of piperidine rings is 1. The number of para-hydroxylation sites is 1. The number of hydrogen-bond acceptors (Lipinski definition) is 4. The first-order chi connectivity index (χ1) is 14.5. The first kappa shape index (κ1) is 20.4. The van der Waals surface area contributed by atoms with Crippen molar-refractivity contribution in [3.63, 3.8) is 0 Å². The van der Waals surface area contributed by atoms with Crippen molar-refractivity contribution in [3.05, 3.63) is 65.7 Å². The molecule has 4 rings (SSSR count). The van der Waals surface area contributed by atoms with Crippen molar-refractivity contribution in [2.45, 2.75) is 45.4 Å². The van der Waals surface area contributed by atoms with Gasteiger partial charge in [0, 0.05) is 35.8 Å². The topological polar surface area (TPSA) is 54.7 Å². The van der Waals surface area contributed by atoms with Crippen LogP contribution in [0.1, 0.15) is 42.8 Å². The van der Waals surface area contributed by atoms with E-state index in [-0.39, 0.29) is 23.9 Å². The summed E-state index contributed by atoms with van der Waals surface area (Å²) in [6.07, 6.45) is 1.71. The van der Waals surface area contributed by atoms with Crippen LogP contribution in [0.5, 0.6) is 0 Å². The number of nitrogens with one attached hydrogen (secondary N) is 1. The van der Waals surface area contributed by atoms with Gasteiger partial charge in [0.15, 0.2) is 5.76 Å². The van der Waals surface area contributed by atoms with E-state index in [1.165, 1.54) is 12.1 Å². The van der Waals surface area contributed by atoms with Gasteiger partial charge >= 0.3 is 0 Å². The van der Waals surface area contributed by atoms with E-state index in [0.717, 1.165) is 29.5 Å². The summed E-state index contributed by atoms with van der Waals surface area (Å²) in [7, 11) is 0. The third-order valence-electron chi connectivity index (χ3n) is 5.45. The number of benzene rings is 2. The zero-order valence-corrected chi connectivity index (χ0v) is 17.4. The number of carbonyl (C=O) groups excluding carboxylic acids is 1. The standard InChI is InChI=1S/C24H27FN2O3/c1-16(2)29-15-21-20-5-3-4-6-22(20)30-23(21)24(28)27-13-11-19(12-14-27)26-18-9-7-17(25)8-10-18/h3-10,16,19,26H,11-15H2,1-2H3. The fourth-order valence-electron chi connectivity index (χ4n) is 3.82. The number of fused-ring (bicyclic) bond motifs is 1. The van der Waals surface area contributed by atoms with Gasteiger partial charge in [0.1, 0.15) is 11.4 Å². The van der Waals surface area contributed by atoms with Crippen LogP contribution in [0.4, 0.5) is 10.1 Å². The molecule has 158 valence electrons. The van der Waals surface area contributed by atoms with Crippen molar-refractivity contribution in [2.75, 3.05) is 18.4 Å². The lowest BCUT2D eigenvalue weighted by Crippen LogP contribution is -2.42. The lowest BCUT2D eigenvalue weighted by molar-refractivity contribution is 0.0598. The number of hydrogen-bond donors (Lipinski definition) is 1. The van der Waals surface area contributed by atoms with Gasteiger partial charge in [-0.25, -0.2) is 4.39 Å². The normalized spacial score (nSPS) is 15.1. The quantitative estimate of drug-likeness (QED) is 0.606. The maximum atomic E-state index is 13.3. The average molecular weight is 410 g/mol. The molecule has 1 aliphatic rings. The lowest BCUT2D eigenvalue weighted by atomic mass is 10.0. The Morgan fingerprint density at radius 1 is 1.17 bits per heavy atom. The Bertz CT molecular complexity index is 1000. The zero-order chi connectivity index (χ0) is 21.1. The van der Waals surface area contributed by atoms with Gasteiger partial charge in [0.2, 0.25) is 0 Å². The number of anilines is 1. The van der Waals surface area contributed by atoms with Crippen molar-refractivity contribution in [1.82, 2.24) is 4.90 Å². The van der Waals surface area contributed by atoms with E-state index in [4.69, 9.17) is 9.15 Å². The van der Waals surface area contributed by atoms with Crippen LogP contribution in [0.25, 0.3) is 11.0 Å². The summed E-state index contributed by atoms with van der Waals surface area (Å²) < 4.78 is 24.8. The van der Waals surface area contributed by atoms with Gasteiger partial charge in [0.05, 0.1) is 12.7 Å². The second kappa shape index (κ2) is 8.88. The van der Waals surface area contributed by atoms with Crippen LogP contribution >= 0.6 is 0 Å². The van der Waals surface area contributed by atoms with Gasteiger partial charge in [-0.05, 0) is 57.0 Å². The number of furan rings is 1. The SMILES string of the molecule is CC(C)OCc1c(C(=O)N2CCC(Nc3ccc(F)cc3)CC2)oc2ccccc12. The first-order valence-corrected chi connectivity index (χ1v) is 10.4. The van der Waals surface area contributed by atoms with E-state index in [1.54, 1.807) is 12.1 Å². The molecule has 1 aromatic heterocycles. The Kier molecular flexibility index (Phi) is 6.04. The molecule has 5 nitrogen and oxygen atoms in total. The molecule has 1 N–H and O–H groups in total. The molecule has 3 aromatic rings. The van der Waals surface area contributed by atoms with Crippen molar-refractivity contribution >= 4 is 22.6 Å². The van der Waals surface area contributed by atoms with E-state index in [2.05, 4.69) is 5.32 Å². The highest BCUT2D eigenvalue weighted by Gasteiger charge is 2.29. The molecule has 1 saturated heterocycles. The predicted octanol–water partition coefficient (Wildman–Crippen LogP) is 5.21. The van der Waals surface area contributed by atoms with Gasteiger partial charge in [-0.1, -0.05) is 18.2 Å². The minimum Gasteiger partial charge on any atom is -0.451 e. The Hall–Kier alpha value is -2.86. The van der Waals surface area contributed by atoms with E-state index < -0.39 is 0 Å². The smallest absolute Gasteiger partial charge is 0.289 e. The van der Waals surface area contributed by atoms with Crippen LogP contribution in [0.15, 0.2) is 52.9 Å². The number of ether oxygens (including phenoxy) is 1. The molecule has 0 radical (unpaired) electrons. The third-order valence-corrected chi connectivity index (χ3v) is 5.45. The summed E-state index contributed by atoms with van der Waals surface area (Å²) in [6.45, 7) is 5.57. The summed E-state index contributed by atoms with van der Waals surface area (Å²) in [6, 6.07) is 14.3. The summed E-state index contributed by atoms with van der Waals surface area (Å²) in [5, 5.41) is 4.35. The largest absolute Gasteiger partial charge is 0.451 e. The van der Waals surface area contributed by atoms with Crippen LogP contribution in [0.3, 0.4) is 0 Å². The van der Waals surface area contributed by atoms with Crippen LogP contribution in [0.2, 0.25) is 0 Å². The van der Waals surface area contributed by atoms with Gasteiger partial charge in [-0.2, -0.15) is 0 Å². The van der Waals surface area contributed by atoms with Gasteiger partial charge in [-0.3, -0.25) is 4.79 Å². The van der Waals surface area contributed by atoms with Gasteiger partial charge < -0.3 is 19.4 Å². The molecule has 0 atom stereocenters. The monoisotopic (exact) mass is 410 g/mol. The molecule has 1 aliphatic heterocycles. The number of amides is 1. The average Bonchev–Trinajstić information content (AvgIpc) is 3.12. The fraction of sp³-hybridized carbons (Fsp3) is 0.375. The first-order valence-electron chi connectivity index (χ1n) is 10.4. The molecule has 2 heterocycles. The molecule has 0 bridgehead atoms. The lowest BCUT2D eigenvalue weighted by Gasteiger charge is -2.32. The molecule has 6 heteroatoms. The molecule has 0 spiro atoms. The highest BCUT2D eigenvalue weighted by Crippen LogP contribution is 2.29. The molecule has 0 aliphatic carbocycles. The number of rotatable bonds is 6. The summed E-state index contributed by atoms with van der Waals surface area (Å²) in [5.74, 6) is 0.0413. The highest BCUT2D eigenvalue weighted by atomic mass is 19.1. The van der Waals surface area contributed by atoms with Crippen LogP contribution < -0.4 is 5.32 Å². The predicted molar refractivity (Wildman–Crippen MR) is 115 cm³/mol. The van der Waals surface area contributed by atoms with Gasteiger partial charge in [0.25, 0.3) is 5.91 Å². The molecular formula is C24H27FN2O3. The molecule has 30 heavy (non-hydrogen) atoms. The van der Waals surface area contributed by atoms with E-state index in [9.17, 15) is 9.18 Å². The third kappa shape index (κ3) is 4.49. The number of carbonyl (C=O) groups is 1. The second-order valence-corrected chi connectivity index (χ2v) is 7.98. The molecule has 1 fully saturated rings. The van der Waals surface area contributed by atoms with E-state index in [1.807, 2.05) is 43.0 Å². The minimum absolute atomic E-state index is 0.0647. The summed E-state index contributed by atoms with van der Waals surface area (Å²) >= 11 is 0. The number of likely N-dealkylation sites (tertiary alicyclic amines) is 1. The Morgan fingerprint density at radius 3 is 2.57 bits per heavy atom. The van der Waals surface area contributed by atoms with Crippen LogP contribution in [-0.2, 0) is 11.3 Å². The van der Waals surface area contributed by atoms with Gasteiger partial charge in [-0.15, -0.1) is 0 Å². The molecule has 0 saturated carbocycles. The Balaban J connectivity index is 1.45. The van der Waals surface area contributed by atoms with Crippen molar-refractivity contribution in [2.24, 2.45) is 0 Å². The maximum Gasteiger partial charge on any atom is 0.289 e. The molecule has 1 amide bonds. The van der Waals surface area contributed by atoms with Crippen molar-refractivity contribution in [1.29, 1.82) is 0 Å². The number of halogens is 1. The van der Waals surface area contributed by atoms with Crippen LogP contribution in [-0.4, -0.2) is 36.0 Å². The number of nitrogens with zero attached hydrogens (tertiary/aromatic N) is 1. The van der Waals surface area contributed by atoms with E-state index >= 15 is 0 Å². The zero-order valence-electron chi connectivity index (χ0n) is 17.4. The van der Waals surface area contributed by atoms with Crippen molar-refractivity contribution in [3.8, 4) is 0 Å². The molecular weight excluding hydrogens is 383 g/mol. The van der Waals surface area contributed by atoms with Crippen LogP contribution in [0, 0.1) is 5.82 Å². The minimum atomic E-state index is -0.246. The molecule has 2 aromatic carbocycles. The highest BCUT2D eigenvalue weighted by molar-refractivity contribution is 5.99. The summed E-state index contributed by atoms with van der Waals surface area (Å²) in [4.78, 5) is 15.1. The Morgan fingerprint density at radius 2 is 1.87 bits per heavy atom. The summed E-state index contributed by atoms with van der Waals surface area (Å²) in [5.41, 5.74) is 2.42. The van der Waals surface area contributed by atoms with E-state index in [0.29, 0.717) is 31.0 Å². The Labute approximate surface area is 175 Å². The molecule has 0 unspecified atom stereocenters. The van der Waals surface area contributed by atoms with Crippen molar-refractivity contribution < 1.29 is 18.3 Å².